The zero-order valence-electron chi connectivity index (χ0n) is 15.1. The van der Waals surface area contributed by atoms with E-state index in [-0.39, 0.29) is 5.56 Å². The molecular weight excluding hydrogens is 304 g/mol. The van der Waals surface area contributed by atoms with E-state index in [2.05, 4.69) is 13.8 Å². The van der Waals surface area contributed by atoms with Gasteiger partial charge < -0.3 is 4.74 Å². The maximum Gasteiger partial charge on any atom is 0.132 e. The molecule has 5 aliphatic carbocycles. The smallest absolute Gasteiger partial charge is 0.132 e. The van der Waals surface area contributed by atoms with Gasteiger partial charge in [0.15, 0.2) is 0 Å². The molecule has 5 fully saturated rings. The summed E-state index contributed by atoms with van der Waals surface area (Å²) in [5.74, 6) is 4.53. The summed E-state index contributed by atoms with van der Waals surface area (Å²) in [7, 11) is 0. The molecule has 0 aromatic rings. The fourth-order valence-corrected chi connectivity index (χ4v) is 7.30. The van der Waals surface area contributed by atoms with E-state index in [1.54, 1.807) is 0 Å². The second-order valence-corrected chi connectivity index (χ2v) is 10.5. The summed E-state index contributed by atoms with van der Waals surface area (Å²) in [6.45, 7) is 4.86. The third-order valence-electron chi connectivity index (χ3n) is 7.84. The summed E-state index contributed by atoms with van der Waals surface area (Å²) >= 11 is 6.75. The zero-order chi connectivity index (χ0) is 16.0. The Hall–Kier alpha value is 0.250. The lowest BCUT2D eigenvalue weighted by Crippen LogP contribution is -2.50. The van der Waals surface area contributed by atoms with Gasteiger partial charge in [-0.25, -0.2) is 0 Å². The molecule has 5 saturated carbocycles. The average molecular weight is 339 g/mol. The molecule has 5 rings (SSSR count). The SMILES string of the molecule is CC(C)(CC(Cl)OC1C2CC3CC(C2)CC1C3)C1CCCCC1. The lowest BCUT2D eigenvalue weighted by molar-refractivity contribution is -0.141. The third-order valence-corrected chi connectivity index (χ3v) is 8.10. The van der Waals surface area contributed by atoms with Crippen molar-refractivity contribution in [1.82, 2.24) is 0 Å². The topological polar surface area (TPSA) is 9.23 Å². The van der Waals surface area contributed by atoms with Crippen molar-refractivity contribution in [3.8, 4) is 0 Å². The second-order valence-electron chi connectivity index (χ2n) is 9.97. The Morgan fingerprint density at radius 3 is 2.04 bits per heavy atom. The van der Waals surface area contributed by atoms with Gasteiger partial charge in [0.2, 0.25) is 0 Å². The highest BCUT2D eigenvalue weighted by molar-refractivity contribution is 6.19. The molecular formula is C21H35ClO. The van der Waals surface area contributed by atoms with Crippen LogP contribution in [0.5, 0.6) is 0 Å². The molecule has 0 spiro atoms. The largest absolute Gasteiger partial charge is 0.359 e. The van der Waals surface area contributed by atoms with E-state index in [1.165, 1.54) is 64.2 Å². The second kappa shape index (κ2) is 6.52. The predicted molar refractivity (Wildman–Crippen MR) is 96.5 cm³/mol. The molecule has 1 atom stereocenters. The molecule has 0 saturated heterocycles. The molecule has 0 N–H and O–H groups in total. The Bertz CT molecular complexity index is 384. The van der Waals surface area contributed by atoms with Crippen LogP contribution in [0.3, 0.4) is 0 Å². The van der Waals surface area contributed by atoms with Crippen molar-refractivity contribution < 1.29 is 4.74 Å². The van der Waals surface area contributed by atoms with Crippen LogP contribution in [0.15, 0.2) is 0 Å². The fraction of sp³-hybridized carbons (Fsp3) is 1.00. The van der Waals surface area contributed by atoms with Crippen molar-refractivity contribution in [1.29, 1.82) is 0 Å². The van der Waals surface area contributed by atoms with Gasteiger partial charge in [0.1, 0.15) is 5.56 Å². The van der Waals surface area contributed by atoms with Gasteiger partial charge in [-0.05, 0) is 86.4 Å². The maximum atomic E-state index is 6.75. The molecule has 1 unspecified atom stereocenters. The van der Waals surface area contributed by atoms with E-state index < -0.39 is 0 Å². The van der Waals surface area contributed by atoms with Crippen molar-refractivity contribution in [2.24, 2.45) is 35.0 Å². The van der Waals surface area contributed by atoms with Gasteiger partial charge in [-0.2, -0.15) is 0 Å². The first-order chi connectivity index (χ1) is 11.0. The monoisotopic (exact) mass is 338 g/mol. The van der Waals surface area contributed by atoms with E-state index in [4.69, 9.17) is 16.3 Å². The first-order valence-electron chi connectivity index (χ1n) is 10.3. The van der Waals surface area contributed by atoms with Crippen LogP contribution in [0.4, 0.5) is 0 Å². The van der Waals surface area contributed by atoms with Crippen molar-refractivity contribution in [3.63, 3.8) is 0 Å². The van der Waals surface area contributed by atoms with Crippen molar-refractivity contribution in [2.45, 2.75) is 96.1 Å². The number of halogens is 1. The molecule has 132 valence electrons. The zero-order valence-corrected chi connectivity index (χ0v) is 15.9. The molecule has 0 aromatic heterocycles. The summed E-state index contributed by atoms with van der Waals surface area (Å²) in [6.07, 6.45) is 15.8. The van der Waals surface area contributed by atoms with Gasteiger partial charge in [-0.1, -0.05) is 44.7 Å². The van der Waals surface area contributed by atoms with Crippen LogP contribution in [0.1, 0.15) is 84.5 Å². The highest BCUT2D eigenvalue weighted by atomic mass is 35.5. The van der Waals surface area contributed by atoms with Crippen molar-refractivity contribution in [3.05, 3.63) is 0 Å². The quantitative estimate of drug-likeness (QED) is 0.528. The van der Waals surface area contributed by atoms with Crippen LogP contribution in [0.25, 0.3) is 0 Å². The number of alkyl halides is 1. The molecule has 5 aliphatic rings. The lowest BCUT2D eigenvalue weighted by atomic mass is 9.55. The fourth-order valence-electron chi connectivity index (χ4n) is 6.78. The van der Waals surface area contributed by atoms with Gasteiger partial charge in [-0.15, -0.1) is 0 Å². The number of ether oxygens (including phenoxy) is 1. The Kier molecular flexibility index (Phi) is 4.74. The summed E-state index contributed by atoms with van der Waals surface area (Å²) in [6, 6.07) is 0. The van der Waals surface area contributed by atoms with E-state index in [1.807, 2.05) is 0 Å². The highest BCUT2D eigenvalue weighted by Gasteiger charge is 2.49. The molecule has 0 aliphatic heterocycles. The first-order valence-corrected chi connectivity index (χ1v) is 10.7. The Labute approximate surface area is 147 Å². The normalized spacial score (nSPS) is 42.1. The Balaban J connectivity index is 1.33. The third kappa shape index (κ3) is 3.47. The van der Waals surface area contributed by atoms with Crippen LogP contribution in [0, 0.1) is 35.0 Å². The molecule has 0 radical (unpaired) electrons. The van der Waals surface area contributed by atoms with Crippen LogP contribution in [-0.4, -0.2) is 11.7 Å². The molecule has 23 heavy (non-hydrogen) atoms. The van der Waals surface area contributed by atoms with Crippen LogP contribution >= 0.6 is 11.6 Å². The molecule has 1 nitrogen and oxygen atoms in total. The minimum absolute atomic E-state index is 0.0746. The van der Waals surface area contributed by atoms with E-state index in [0.717, 1.165) is 36.0 Å². The summed E-state index contributed by atoms with van der Waals surface area (Å²) in [5, 5.41) is 0. The van der Waals surface area contributed by atoms with Crippen molar-refractivity contribution >= 4 is 11.6 Å². The lowest BCUT2D eigenvalue weighted by Gasteiger charge is -2.54. The van der Waals surface area contributed by atoms with E-state index in [9.17, 15) is 0 Å². The standard InChI is InChI=1S/C21H35ClO/c1-21(2,18-6-4-3-5-7-18)13-19(22)23-20-16-9-14-8-15(11-16)12-17(20)10-14/h14-20H,3-13H2,1-2H3. The summed E-state index contributed by atoms with van der Waals surface area (Å²) in [4.78, 5) is 0. The first kappa shape index (κ1) is 16.7. The molecule has 2 heteroatoms. The van der Waals surface area contributed by atoms with Gasteiger partial charge in [0, 0.05) is 0 Å². The summed E-state index contributed by atoms with van der Waals surface area (Å²) < 4.78 is 6.52. The van der Waals surface area contributed by atoms with E-state index in [0.29, 0.717) is 11.5 Å². The van der Waals surface area contributed by atoms with Gasteiger partial charge in [0.25, 0.3) is 0 Å². The molecule has 4 bridgehead atoms. The van der Waals surface area contributed by atoms with Gasteiger partial charge in [-0.3, -0.25) is 0 Å². The van der Waals surface area contributed by atoms with Crippen LogP contribution < -0.4 is 0 Å². The number of hydrogen-bond donors (Lipinski definition) is 0. The minimum Gasteiger partial charge on any atom is -0.359 e. The predicted octanol–water partition coefficient (Wildman–Crippen LogP) is 6.39. The Morgan fingerprint density at radius 2 is 1.48 bits per heavy atom. The Morgan fingerprint density at radius 1 is 0.913 bits per heavy atom. The number of hydrogen-bond acceptors (Lipinski definition) is 1. The maximum absolute atomic E-state index is 6.75. The minimum atomic E-state index is -0.0746. The van der Waals surface area contributed by atoms with Crippen LogP contribution in [-0.2, 0) is 4.74 Å². The van der Waals surface area contributed by atoms with Crippen LogP contribution in [0.2, 0.25) is 0 Å². The van der Waals surface area contributed by atoms with Gasteiger partial charge >= 0.3 is 0 Å². The van der Waals surface area contributed by atoms with Crippen molar-refractivity contribution in [2.75, 3.05) is 0 Å². The highest BCUT2D eigenvalue weighted by Crippen LogP contribution is 2.55. The average Bonchev–Trinajstić information content (AvgIpc) is 2.50. The number of rotatable bonds is 5. The summed E-state index contributed by atoms with van der Waals surface area (Å²) in [5.41, 5.74) is 0.258. The van der Waals surface area contributed by atoms with E-state index >= 15 is 0 Å². The molecule has 0 heterocycles. The molecule has 0 amide bonds. The van der Waals surface area contributed by atoms with Gasteiger partial charge in [0.05, 0.1) is 6.10 Å². The molecule has 0 aromatic carbocycles.